The summed E-state index contributed by atoms with van der Waals surface area (Å²) in [5, 5.41) is 1.55. The molecule has 0 N–H and O–H groups in total. The van der Waals surface area contributed by atoms with Crippen molar-refractivity contribution in [2.75, 3.05) is 25.6 Å². The van der Waals surface area contributed by atoms with Crippen LogP contribution in [0.25, 0.3) is 32.9 Å². The Morgan fingerprint density at radius 1 is 1.17 bits per heavy atom. The highest BCUT2D eigenvalue weighted by Crippen LogP contribution is 2.37. The summed E-state index contributed by atoms with van der Waals surface area (Å²) in [6, 6.07) is 7.90. The lowest BCUT2D eigenvalue weighted by atomic mass is 9.96. The highest BCUT2D eigenvalue weighted by molar-refractivity contribution is 6.02. The van der Waals surface area contributed by atoms with E-state index in [4.69, 9.17) is 9.47 Å². The highest BCUT2D eigenvalue weighted by atomic mass is 19.1. The van der Waals surface area contributed by atoms with Crippen LogP contribution < -0.4 is 9.64 Å². The summed E-state index contributed by atoms with van der Waals surface area (Å²) in [7, 11) is 3.26. The van der Waals surface area contributed by atoms with Gasteiger partial charge in [0.15, 0.2) is 5.82 Å². The minimum Gasteiger partial charge on any atom is -0.467 e. The second kappa shape index (κ2) is 11.0. The molecule has 2 aromatic carbocycles. The molecule has 0 spiro atoms. The van der Waals surface area contributed by atoms with Gasteiger partial charge < -0.3 is 19.3 Å². The predicted molar refractivity (Wildman–Crippen MR) is 159 cm³/mol. The number of likely N-dealkylation sites (tertiary alicyclic amines) is 1. The van der Waals surface area contributed by atoms with E-state index in [1.807, 2.05) is 45.7 Å². The van der Waals surface area contributed by atoms with E-state index in [2.05, 4.69) is 26.8 Å². The SMILES string of the molecule is CC#Cc1c(F)ccc2cccc(-c3ncc4c(N(C)C5CCN(C(=O)OC(C)(C)C)C5C)nc(OC)nc4c3F)c12. The first-order chi connectivity index (χ1) is 19.9. The number of benzene rings is 2. The number of aromatic nitrogens is 3. The Morgan fingerprint density at radius 2 is 1.93 bits per heavy atom. The van der Waals surface area contributed by atoms with E-state index in [9.17, 15) is 9.18 Å². The third-order valence-corrected chi connectivity index (χ3v) is 7.50. The molecule has 2 atom stereocenters. The summed E-state index contributed by atoms with van der Waals surface area (Å²) < 4.78 is 42.2. The normalized spacial score (nSPS) is 16.8. The van der Waals surface area contributed by atoms with Gasteiger partial charge in [-0.25, -0.2) is 13.6 Å². The van der Waals surface area contributed by atoms with E-state index in [1.165, 1.54) is 19.4 Å². The topological polar surface area (TPSA) is 80.7 Å². The molecule has 218 valence electrons. The third kappa shape index (κ3) is 5.15. The molecule has 3 heterocycles. The number of halogens is 2. The first-order valence-corrected chi connectivity index (χ1v) is 13.7. The van der Waals surface area contributed by atoms with E-state index in [1.54, 1.807) is 30.0 Å². The number of likely N-dealkylation sites (N-methyl/N-ethyl adjacent to an activating group) is 1. The summed E-state index contributed by atoms with van der Waals surface area (Å²) in [6.07, 6.45) is 1.79. The van der Waals surface area contributed by atoms with Gasteiger partial charge in [-0.1, -0.05) is 30.2 Å². The number of hydrogen-bond acceptors (Lipinski definition) is 7. The third-order valence-electron chi connectivity index (χ3n) is 7.50. The van der Waals surface area contributed by atoms with Gasteiger partial charge in [0, 0.05) is 30.7 Å². The number of carbonyl (C=O) groups excluding carboxylic acids is 1. The zero-order valence-corrected chi connectivity index (χ0v) is 24.7. The molecule has 1 amide bonds. The monoisotopic (exact) mass is 573 g/mol. The molecule has 2 aromatic heterocycles. The standard InChI is InChI=1S/C32H33F2N5O3/c1-8-10-20-23(33)14-13-19-11-9-12-21(25(19)20)27-26(34)28-22(17-35-27)29(37-30(36-28)41-7)38(6)24-15-16-39(18(24)2)31(40)42-32(3,4)5/h9,11-14,17-18,24H,15-16H2,1-7H3. The molecule has 0 radical (unpaired) electrons. The van der Waals surface area contributed by atoms with Gasteiger partial charge in [-0.15, -0.1) is 5.92 Å². The number of methoxy groups -OCH3 is 1. The number of amides is 1. The number of carbonyl (C=O) groups is 1. The van der Waals surface area contributed by atoms with Crippen molar-refractivity contribution in [2.24, 2.45) is 0 Å². The fraction of sp³-hybridized carbons (Fsp3) is 0.375. The first kappa shape index (κ1) is 29.0. The van der Waals surface area contributed by atoms with Crippen molar-refractivity contribution in [2.45, 2.75) is 58.7 Å². The van der Waals surface area contributed by atoms with E-state index < -0.39 is 17.2 Å². The number of anilines is 1. The van der Waals surface area contributed by atoms with Gasteiger partial charge in [0.2, 0.25) is 0 Å². The first-order valence-electron chi connectivity index (χ1n) is 13.7. The molecule has 10 heteroatoms. The quantitative estimate of drug-likeness (QED) is 0.264. The van der Waals surface area contributed by atoms with Crippen molar-refractivity contribution in [3.63, 3.8) is 0 Å². The minimum atomic E-state index is -0.690. The molecule has 5 rings (SSSR count). The number of nitrogens with zero attached hydrogens (tertiary/aromatic N) is 5. The maximum Gasteiger partial charge on any atom is 0.410 e. The van der Waals surface area contributed by atoms with Crippen molar-refractivity contribution in [1.82, 2.24) is 19.9 Å². The molecule has 8 nitrogen and oxygen atoms in total. The second-order valence-electron chi connectivity index (χ2n) is 11.3. The summed E-state index contributed by atoms with van der Waals surface area (Å²) in [6.45, 7) is 9.56. The molecule has 1 aliphatic rings. The van der Waals surface area contributed by atoms with Crippen molar-refractivity contribution in [3.8, 4) is 29.1 Å². The molecule has 0 bridgehead atoms. The van der Waals surface area contributed by atoms with Crippen LogP contribution in [0.4, 0.5) is 19.4 Å². The molecular formula is C32H33F2N5O3. The number of ether oxygens (including phenoxy) is 2. The van der Waals surface area contributed by atoms with E-state index in [0.717, 1.165) is 0 Å². The van der Waals surface area contributed by atoms with Crippen LogP contribution in [0, 0.1) is 23.5 Å². The fourth-order valence-corrected chi connectivity index (χ4v) is 5.54. The average molecular weight is 574 g/mol. The molecule has 4 aromatic rings. The molecule has 0 aliphatic carbocycles. The molecule has 42 heavy (non-hydrogen) atoms. The van der Waals surface area contributed by atoms with Gasteiger partial charge in [0.25, 0.3) is 0 Å². The lowest BCUT2D eigenvalue weighted by molar-refractivity contribution is 0.0233. The Hall–Kier alpha value is -4.52. The zero-order chi connectivity index (χ0) is 30.3. The smallest absolute Gasteiger partial charge is 0.410 e. The van der Waals surface area contributed by atoms with Crippen LogP contribution in [0.2, 0.25) is 0 Å². The number of rotatable bonds is 4. The highest BCUT2D eigenvalue weighted by Gasteiger charge is 2.39. The van der Waals surface area contributed by atoms with Crippen molar-refractivity contribution < 1.29 is 23.0 Å². The van der Waals surface area contributed by atoms with E-state index in [0.29, 0.717) is 40.5 Å². The lowest BCUT2D eigenvalue weighted by Crippen LogP contribution is -2.45. The van der Waals surface area contributed by atoms with Crippen LogP contribution >= 0.6 is 0 Å². The van der Waals surface area contributed by atoms with Gasteiger partial charge in [-0.05, 0) is 52.5 Å². The van der Waals surface area contributed by atoms with Crippen molar-refractivity contribution in [1.29, 1.82) is 0 Å². The lowest BCUT2D eigenvalue weighted by Gasteiger charge is -2.33. The van der Waals surface area contributed by atoms with Crippen LogP contribution in [0.3, 0.4) is 0 Å². The predicted octanol–water partition coefficient (Wildman–Crippen LogP) is 6.34. The number of pyridine rings is 1. The van der Waals surface area contributed by atoms with Crippen LogP contribution in [0.1, 0.15) is 46.6 Å². The van der Waals surface area contributed by atoms with E-state index >= 15 is 4.39 Å². The van der Waals surface area contributed by atoms with Crippen molar-refractivity contribution in [3.05, 3.63) is 53.7 Å². The molecule has 1 saturated heterocycles. The summed E-state index contributed by atoms with van der Waals surface area (Å²) >= 11 is 0. The van der Waals surface area contributed by atoms with Crippen LogP contribution in [0.5, 0.6) is 6.01 Å². The molecular weight excluding hydrogens is 540 g/mol. The maximum absolute atomic E-state index is 16.4. The van der Waals surface area contributed by atoms with Crippen molar-refractivity contribution >= 4 is 33.6 Å². The Balaban J connectivity index is 1.61. The van der Waals surface area contributed by atoms with Crippen LogP contribution in [-0.2, 0) is 4.74 Å². The van der Waals surface area contributed by atoms with Crippen LogP contribution in [0.15, 0.2) is 36.5 Å². The van der Waals surface area contributed by atoms with Gasteiger partial charge in [-0.2, -0.15) is 9.97 Å². The van der Waals surface area contributed by atoms with Gasteiger partial charge >= 0.3 is 12.1 Å². The Labute approximate surface area is 243 Å². The van der Waals surface area contributed by atoms with E-state index in [-0.39, 0.29) is 41.0 Å². The zero-order valence-electron chi connectivity index (χ0n) is 24.7. The largest absolute Gasteiger partial charge is 0.467 e. The molecule has 0 saturated carbocycles. The van der Waals surface area contributed by atoms with Gasteiger partial charge in [0.1, 0.15) is 28.4 Å². The minimum absolute atomic E-state index is 0.0116. The summed E-state index contributed by atoms with van der Waals surface area (Å²) in [5.74, 6) is 4.80. The number of hydrogen-bond donors (Lipinski definition) is 0. The average Bonchev–Trinajstić information content (AvgIpc) is 3.34. The van der Waals surface area contributed by atoms with Gasteiger partial charge in [0.05, 0.1) is 30.1 Å². The Kier molecular flexibility index (Phi) is 7.62. The maximum atomic E-state index is 16.4. The molecule has 1 fully saturated rings. The second-order valence-corrected chi connectivity index (χ2v) is 11.3. The fourth-order valence-electron chi connectivity index (χ4n) is 5.54. The number of fused-ring (bicyclic) bond motifs is 2. The summed E-state index contributed by atoms with van der Waals surface area (Å²) in [5.41, 5.74) is -0.0127. The van der Waals surface area contributed by atoms with Crippen LogP contribution in [-0.4, -0.2) is 64.3 Å². The Bertz CT molecular complexity index is 1760. The molecule has 2 unspecified atom stereocenters. The van der Waals surface area contributed by atoms with Gasteiger partial charge in [-0.3, -0.25) is 4.98 Å². The summed E-state index contributed by atoms with van der Waals surface area (Å²) in [4.78, 5) is 29.8. The Morgan fingerprint density at radius 3 is 2.62 bits per heavy atom. The molecule has 1 aliphatic heterocycles.